The number of rotatable bonds is 7. The molecule has 20 heavy (non-hydrogen) atoms. The van der Waals surface area contributed by atoms with Crippen molar-refractivity contribution < 1.29 is 4.74 Å². The fourth-order valence-electron chi connectivity index (χ4n) is 1.87. The molecule has 106 valence electrons. The predicted octanol–water partition coefficient (Wildman–Crippen LogP) is 3.57. The van der Waals surface area contributed by atoms with E-state index >= 15 is 0 Å². The van der Waals surface area contributed by atoms with Crippen molar-refractivity contribution in [1.82, 2.24) is 9.97 Å². The fraction of sp³-hybridized carbons (Fsp3) is 0.333. The maximum Gasteiger partial charge on any atom is 0.137 e. The van der Waals surface area contributed by atoms with E-state index in [9.17, 15) is 0 Å². The van der Waals surface area contributed by atoms with Crippen LogP contribution in [0.2, 0.25) is 5.15 Å². The summed E-state index contributed by atoms with van der Waals surface area (Å²) in [5.74, 6) is 1.66. The average molecular weight is 292 g/mol. The highest BCUT2D eigenvalue weighted by Gasteiger charge is 2.08. The first kappa shape index (κ1) is 14.6. The molecule has 0 saturated heterocycles. The number of para-hydroxylation sites is 1. The lowest BCUT2D eigenvalue weighted by atomic mass is 10.2. The number of hydrogen-bond donors (Lipinski definition) is 1. The first-order valence-electron chi connectivity index (χ1n) is 6.72. The van der Waals surface area contributed by atoms with Crippen LogP contribution in [-0.2, 0) is 6.42 Å². The van der Waals surface area contributed by atoms with Gasteiger partial charge in [-0.1, -0.05) is 43.1 Å². The molecular formula is C15H18ClN3O. The minimum absolute atomic E-state index is 0.522. The molecular weight excluding hydrogens is 274 g/mol. The number of hydrogen-bond acceptors (Lipinski definition) is 4. The van der Waals surface area contributed by atoms with Crippen LogP contribution >= 0.6 is 11.6 Å². The lowest BCUT2D eigenvalue weighted by molar-refractivity contribution is 0.332. The second kappa shape index (κ2) is 7.70. The maximum atomic E-state index is 6.09. The molecule has 0 bridgehead atoms. The van der Waals surface area contributed by atoms with Gasteiger partial charge in [0, 0.05) is 5.56 Å². The summed E-state index contributed by atoms with van der Waals surface area (Å²) in [7, 11) is 0. The molecule has 2 aromatic rings. The minimum atomic E-state index is 0.522. The summed E-state index contributed by atoms with van der Waals surface area (Å²) < 4.78 is 5.62. The van der Waals surface area contributed by atoms with Gasteiger partial charge in [-0.2, -0.15) is 0 Å². The smallest absolute Gasteiger partial charge is 0.137 e. The van der Waals surface area contributed by atoms with Crippen LogP contribution in [0.5, 0.6) is 5.75 Å². The number of benzene rings is 1. The second-order valence-corrected chi connectivity index (χ2v) is 4.69. The Hall–Kier alpha value is -1.81. The molecule has 0 saturated carbocycles. The van der Waals surface area contributed by atoms with Gasteiger partial charge in [0.15, 0.2) is 0 Å². The number of anilines is 1. The molecule has 0 aliphatic carbocycles. The quantitative estimate of drug-likeness (QED) is 0.626. The van der Waals surface area contributed by atoms with E-state index in [1.54, 1.807) is 0 Å². The summed E-state index contributed by atoms with van der Waals surface area (Å²) >= 11 is 6.09. The molecule has 0 fully saturated rings. The van der Waals surface area contributed by atoms with Crippen molar-refractivity contribution in [2.75, 3.05) is 18.5 Å². The van der Waals surface area contributed by atoms with Gasteiger partial charge in [-0.25, -0.2) is 9.97 Å². The molecule has 4 nitrogen and oxygen atoms in total. The summed E-state index contributed by atoms with van der Waals surface area (Å²) in [6, 6.07) is 9.73. The molecule has 1 heterocycles. The van der Waals surface area contributed by atoms with Crippen LogP contribution < -0.4 is 10.1 Å². The summed E-state index contributed by atoms with van der Waals surface area (Å²) in [6.07, 6.45) is 3.34. The average Bonchev–Trinajstić information content (AvgIpc) is 2.48. The van der Waals surface area contributed by atoms with E-state index in [0.29, 0.717) is 18.3 Å². The van der Waals surface area contributed by atoms with Crippen LogP contribution in [0.25, 0.3) is 0 Å². The summed E-state index contributed by atoms with van der Waals surface area (Å²) in [5, 5.41) is 3.77. The van der Waals surface area contributed by atoms with Gasteiger partial charge in [0.2, 0.25) is 0 Å². The third-order valence-corrected chi connectivity index (χ3v) is 3.12. The van der Waals surface area contributed by atoms with Crippen molar-refractivity contribution in [2.45, 2.75) is 19.8 Å². The van der Waals surface area contributed by atoms with E-state index < -0.39 is 0 Å². The zero-order valence-electron chi connectivity index (χ0n) is 11.5. The number of ether oxygens (including phenoxy) is 1. The van der Waals surface area contributed by atoms with Crippen molar-refractivity contribution in [1.29, 1.82) is 0 Å². The number of aromatic nitrogens is 2. The lowest BCUT2D eigenvalue weighted by Gasteiger charge is -2.11. The minimum Gasteiger partial charge on any atom is -0.492 e. The highest BCUT2D eigenvalue weighted by Crippen LogP contribution is 2.21. The van der Waals surface area contributed by atoms with E-state index in [2.05, 4.69) is 22.2 Å². The van der Waals surface area contributed by atoms with Crippen LogP contribution in [0.1, 0.15) is 18.9 Å². The standard InChI is InChI=1S/C15H18ClN3O/c1-2-6-13-14(16)18-11-19-15(13)17-9-10-20-12-7-4-3-5-8-12/h3-5,7-8,11H,2,6,9-10H2,1H3,(H,17,18,19). The highest BCUT2D eigenvalue weighted by molar-refractivity contribution is 6.30. The zero-order valence-corrected chi connectivity index (χ0v) is 12.2. The molecule has 5 heteroatoms. The topological polar surface area (TPSA) is 47.0 Å². The second-order valence-electron chi connectivity index (χ2n) is 4.33. The largest absolute Gasteiger partial charge is 0.492 e. The Kier molecular flexibility index (Phi) is 5.62. The van der Waals surface area contributed by atoms with Crippen LogP contribution in [-0.4, -0.2) is 23.1 Å². The normalized spacial score (nSPS) is 10.3. The zero-order chi connectivity index (χ0) is 14.2. The van der Waals surface area contributed by atoms with Gasteiger partial charge >= 0.3 is 0 Å². The Morgan fingerprint density at radius 3 is 2.75 bits per heavy atom. The van der Waals surface area contributed by atoms with Gasteiger partial charge in [-0.05, 0) is 18.6 Å². The van der Waals surface area contributed by atoms with Crippen molar-refractivity contribution in [3.8, 4) is 5.75 Å². The molecule has 0 atom stereocenters. The molecule has 1 N–H and O–H groups in total. The van der Waals surface area contributed by atoms with Gasteiger partial charge < -0.3 is 10.1 Å². The molecule has 0 spiro atoms. The van der Waals surface area contributed by atoms with Crippen LogP contribution in [0.3, 0.4) is 0 Å². The van der Waals surface area contributed by atoms with Crippen molar-refractivity contribution >= 4 is 17.4 Å². The Bertz CT molecular complexity index is 534. The van der Waals surface area contributed by atoms with Crippen molar-refractivity contribution in [3.63, 3.8) is 0 Å². The van der Waals surface area contributed by atoms with Gasteiger partial charge in [-0.15, -0.1) is 0 Å². The third-order valence-electron chi connectivity index (χ3n) is 2.80. The molecule has 0 radical (unpaired) electrons. The number of halogens is 1. The first-order valence-corrected chi connectivity index (χ1v) is 7.10. The first-order chi connectivity index (χ1) is 9.81. The highest BCUT2D eigenvalue weighted by atomic mass is 35.5. The molecule has 2 rings (SSSR count). The third kappa shape index (κ3) is 4.10. The molecule has 0 aliphatic heterocycles. The van der Waals surface area contributed by atoms with Crippen molar-refractivity contribution in [2.24, 2.45) is 0 Å². The van der Waals surface area contributed by atoms with E-state index in [4.69, 9.17) is 16.3 Å². The summed E-state index contributed by atoms with van der Waals surface area (Å²) in [6.45, 7) is 3.34. The molecule has 0 amide bonds. The summed E-state index contributed by atoms with van der Waals surface area (Å²) in [5.41, 5.74) is 0.969. The SMILES string of the molecule is CCCc1c(Cl)ncnc1NCCOc1ccccc1. The van der Waals surface area contributed by atoms with Crippen LogP contribution in [0.4, 0.5) is 5.82 Å². The van der Waals surface area contributed by atoms with Gasteiger partial charge in [0.05, 0.1) is 6.54 Å². The maximum absolute atomic E-state index is 6.09. The molecule has 1 aromatic heterocycles. The van der Waals surface area contributed by atoms with Gasteiger partial charge in [-0.3, -0.25) is 0 Å². The van der Waals surface area contributed by atoms with Crippen LogP contribution in [0.15, 0.2) is 36.7 Å². The Balaban J connectivity index is 1.86. The number of nitrogens with zero attached hydrogens (tertiary/aromatic N) is 2. The van der Waals surface area contributed by atoms with Crippen LogP contribution in [0, 0.1) is 0 Å². The van der Waals surface area contributed by atoms with Gasteiger partial charge in [0.1, 0.15) is 29.7 Å². The number of nitrogens with one attached hydrogen (secondary N) is 1. The summed E-state index contributed by atoms with van der Waals surface area (Å²) in [4.78, 5) is 8.26. The Morgan fingerprint density at radius 2 is 2.00 bits per heavy atom. The van der Waals surface area contributed by atoms with Gasteiger partial charge in [0.25, 0.3) is 0 Å². The fourth-order valence-corrected chi connectivity index (χ4v) is 2.10. The van der Waals surface area contributed by atoms with E-state index in [-0.39, 0.29) is 0 Å². The lowest BCUT2D eigenvalue weighted by Crippen LogP contribution is -2.14. The Morgan fingerprint density at radius 1 is 1.20 bits per heavy atom. The predicted molar refractivity (Wildman–Crippen MR) is 81.5 cm³/mol. The molecule has 1 aromatic carbocycles. The molecule has 0 unspecified atom stereocenters. The monoisotopic (exact) mass is 291 g/mol. The van der Waals surface area contributed by atoms with Crippen molar-refractivity contribution in [3.05, 3.63) is 47.4 Å². The van der Waals surface area contributed by atoms with E-state index in [0.717, 1.165) is 30.0 Å². The van der Waals surface area contributed by atoms with E-state index in [1.807, 2.05) is 30.3 Å². The van der Waals surface area contributed by atoms with E-state index in [1.165, 1.54) is 6.33 Å². The Labute approximate surface area is 124 Å². The molecule has 0 aliphatic rings.